The third-order valence-electron chi connectivity index (χ3n) is 2.02. The van der Waals surface area contributed by atoms with Crippen molar-refractivity contribution in [2.45, 2.75) is 13.3 Å². The lowest BCUT2D eigenvalue weighted by Gasteiger charge is -2.10. The van der Waals surface area contributed by atoms with Crippen LogP contribution in [0.4, 0.5) is 5.69 Å². The van der Waals surface area contributed by atoms with Gasteiger partial charge in [0.05, 0.1) is 19.4 Å². The SMILES string of the molecule is CCCOCCNc1ccccc1OC. The van der Waals surface area contributed by atoms with E-state index in [0.29, 0.717) is 0 Å². The van der Waals surface area contributed by atoms with Gasteiger partial charge in [0.15, 0.2) is 0 Å². The molecular weight excluding hydrogens is 190 g/mol. The summed E-state index contributed by atoms with van der Waals surface area (Å²) >= 11 is 0. The van der Waals surface area contributed by atoms with E-state index in [1.54, 1.807) is 7.11 Å². The van der Waals surface area contributed by atoms with E-state index < -0.39 is 0 Å². The number of nitrogens with one attached hydrogen (secondary N) is 1. The van der Waals surface area contributed by atoms with Crippen LogP contribution in [0.2, 0.25) is 0 Å². The van der Waals surface area contributed by atoms with Crippen molar-refractivity contribution in [3.05, 3.63) is 24.3 Å². The topological polar surface area (TPSA) is 30.5 Å². The average Bonchev–Trinajstić information content (AvgIpc) is 2.29. The molecule has 0 saturated heterocycles. The van der Waals surface area contributed by atoms with Gasteiger partial charge in [0, 0.05) is 13.2 Å². The number of methoxy groups -OCH3 is 1. The Balaban J connectivity index is 2.30. The van der Waals surface area contributed by atoms with Crippen LogP contribution in [0.3, 0.4) is 0 Å². The molecule has 0 fully saturated rings. The van der Waals surface area contributed by atoms with Gasteiger partial charge in [-0.3, -0.25) is 0 Å². The van der Waals surface area contributed by atoms with Crippen LogP contribution in [0.25, 0.3) is 0 Å². The zero-order valence-corrected chi connectivity index (χ0v) is 9.45. The van der Waals surface area contributed by atoms with Crippen LogP contribution < -0.4 is 10.1 Å². The van der Waals surface area contributed by atoms with Gasteiger partial charge < -0.3 is 14.8 Å². The summed E-state index contributed by atoms with van der Waals surface area (Å²) in [4.78, 5) is 0. The van der Waals surface area contributed by atoms with Gasteiger partial charge in [-0.25, -0.2) is 0 Å². The van der Waals surface area contributed by atoms with Crippen molar-refractivity contribution >= 4 is 5.69 Å². The van der Waals surface area contributed by atoms with Crippen molar-refractivity contribution in [3.63, 3.8) is 0 Å². The maximum atomic E-state index is 5.37. The highest BCUT2D eigenvalue weighted by molar-refractivity contribution is 5.55. The molecule has 0 aliphatic carbocycles. The predicted octanol–water partition coefficient (Wildman–Crippen LogP) is 2.53. The molecule has 1 N–H and O–H groups in total. The second-order valence-electron chi connectivity index (χ2n) is 3.24. The molecule has 0 aliphatic rings. The van der Waals surface area contributed by atoms with E-state index in [1.165, 1.54) is 0 Å². The van der Waals surface area contributed by atoms with E-state index in [4.69, 9.17) is 9.47 Å². The number of anilines is 1. The van der Waals surface area contributed by atoms with Gasteiger partial charge in [-0.2, -0.15) is 0 Å². The molecule has 0 aromatic heterocycles. The van der Waals surface area contributed by atoms with Crippen LogP contribution in [0.1, 0.15) is 13.3 Å². The highest BCUT2D eigenvalue weighted by Crippen LogP contribution is 2.22. The minimum absolute atomic E-state index is 0.728. The predicted molar refractivity (Wildman–Crippen MR) is 62.6 cm³/mol. The average molecular weight is 209 g/mol. The molecule has 0 radical (unpaired) electrons. The Bertz CT molecular complexity index is 276. The van der Waals surface area contributed by atoms with Crippen LogP contribution in [0.5, 0.6) is 5.75 Å². The third-order valence-corrected chi connectivity index (χ3v) is 2.02. The Morgan fingerprint density at radius 3 is 2.73 bits per heavy atom. The fourth-order valence-electron chi connectivity index (χ4n) is 1.29. The van der Waals surface area contributed by atoms with E-state index >= 15 is 0 Å². The first-order valence-electron chi connectivity index (χ1n) is 5.33. The van der Waals surface area contributed by atoms with Crippen molar-refractivity contribution in [2.75, 3.05) is 32.2 Å². The molecule has 0 heterocycles. The Morgan fingerprint density at radius 2 is 2.00 bits per heavy atom. The van der Waals surface area contributed by atoms with Crippen LogP contribution >= 0.6 is 0 Å². The lowest BCUT2D eigenvalue weighted by atomic mass is 10.3. The molecule has 0 amide bonds. The van der Waals surface area contributed by atoms with Crippen LogP contribution in [0, 0.1) is 0 Å². The summed E-state index contributed by atoms with van der Waals surface area (Å²) in [6.07, 6.45) is 1.06. The fourth-order valence-corrected chi connectivity index (χ4v) is 1.29. The molecule has 15 heavy (non-hydrogen) atoms. The normalized spacial score (nSPS) is 10.0. The van der Waals surface area contributed by atoms with E-state index in [2.05, 4.69) is 12.2 Å². The molecule has 0 unspecified atom stereocenters. The second-order valence-corrected chi connectivity index (χ2v) is 3.24. The molecule has 1 aromatic carbocycles. The van der Waals surface area contributed by atoms with Crippen molar-refractivity contribution < 1.29 is 9.47 Å². The Morgan fingerprint density at radius 1 is 1.20 bits per heavy atom. The summed E-state index contributed by atoms with van der Waals surface area (Å²) in [6, 6.07) is 7.88. The summed E-state index contributed by atoms with van der Waals surface area (Å²) in [5.41, 5.74) is 1.01. The van der Waals surface area contributed by atoms with E-state index in [9.17, 15) is 0 Å². The highest BCUT2D eigenvalue weighted by atomic mass is 16.5. The fraction of sp³-hybridized carbons (Fsp3) is 0.500. The summed E-state index contributed by atoms with van der Waals surface area (Å²) in [6.45, 7) is 4.47. The molecule has 0 aliphatic heterocycles. The van der Waals surface area contributed by atoms with Crippen LogP contribution in [-0.4, -0.2) is 26.9 Å². The van der Waals surface area contributed by atoms with E-state index in [1.807, 2.05) is 24.3 Å². The molecule has 84 valence electrons. The summed E-state index contributed by atoms with van der Waals surface area (Å²) in [5.74, 6) is 0.869. The maximum Gasteiger partial charge on any atom is 0.141 e. The first kappa shape index (κ1) is 11.9. The van der Waals surface area contributed by atoms with Gasteiger partial charge in [-0.15, -0.1) is 0 Å². The summed E-state index contributed by atoms with van der Waals surface area (Å²) < 4.78 is 10.6. The number of benzene rings is 1. The Kier molecular flexibility index (Phi) is 5.63. The standard InChI is InChI=1S/C12H19NO2/c1-3-9-15-10-8-13-11-6-4-5-7-12(11)14-2/h4-7,13H,3,8-10H2,1-2H3. The maximum absolute atomic E-state index is 5.37. The second kappa shape index (κ2) is 7.12. The largest absolute Gasteiger partial charge is 0.495 e. The van der Waals surface area contributed by atoms with Crippen molar-refractivity contribution in [3.8, 4) is 5.75 Å². The van der Waals surface area contributed by atoms with Gasteiger partial charge in [0.2, 0.25) is 0 Å². The number of hydrogen-bond donors (Lipinski definition) is 1. The zero-order chi connectivity index (χ0) is 10.9. The summed E-state index contributed by atoms with van der Waals surface area (Å²) in [7, 11) is 1.67. The monoisotopic (exact) mass is 209 g/mol. The van der Waals surface area contributed by atoms with E-state index in [0.717, 1.165) is 37.6 Å². The molecule has 0 bridgehead atoms. The lowest BCUT2D eigenvalue weighted by molar-refractivity contribution is 0.144. The number of hydrogen-bond acceptors (Lipinski definition) is 3. The molecule has 1 rings (SSSR count). The van der Waals surface area contributed by atoms with E-state index in [-0.39, 0.29) is 0 Å². The number of rotatable bonds is 7. The molecule has 3 heteroatoms. The number of ether oxygens (including phenoxy) is 2. The molecule has 1 aromatic rings. The quantitative estimate of drug-likeness (QED) is 0.700. The minimum Gasteiger partial charge on any atom is -0.495 e. The van der Waals surface area contributed by atoms with Crippen LogP contribution in [0.15, 0.2) is 24.3 Å². The first-order chi connectivity index (χ1) is 7.38. The molecular formula is C12H19NO2. The highest BCUT2D eigenvalue weighted by Gasteiger charge is 1.99. The van der Waals surface area contributed by atoms with Crippen molar-refractivity contribution in [1.29, 1.82) is 0 Å². The smallest absolute Gasteiger partial charge is 0.141 e. The van der Waals surface area contributed by atoms with Gasteiger partial charge in [0.1, 0.15) is 5.75 Å². The zero-order valence-electron chi connectivity index (χ0n) is 9.45. The van der Waals surface area contributed by atoms with Gasteiger partial charge >= 0.3 is 0 Å². The molecule has 0 atom stereocenters. The number of para-hydroxylation sites is 2. The van der Waals surface area contributed by atoms with Crippen LogP contribution in [-0.2, 0) is 4.74 Å². The molecule has 3 nitrogen and oxygen atoms in total. The van der Waals surface area contributed by atoms with Gasteiger partial charge in [-0.1, -0.05) is 19.1 Å². The summed E-state index contributed by atoms with van der Waals surface area (Å²) in [5, 5.41) is 3.27. The molecule has 0 spiro atoms. The Hall–Kier alpha value is -1.22. The Labute approximate surface area is 91.4 Å². The first-order valence-corrected chi connectivity index (χ1v) is 5.33. The van der Waals surface area contributed by atoms with Crippen molar-refractivity contribution in [1.82, 2.24) is 0 Å². The van der Waals surface area contributed by atoms with Crippen molar-refractivity contribution in [2.24, 2.45) is 0 Å². The van der Waals surface area contributed by atoms with Gasteiger partial charge in [0.25, 0.3) is 0 Å². The van der Waals surface area contributed by atoms with Gasteiger partial charge in [-0.05, 0) is 18.6 Å². The molecule has 0 saturated carbocycles. The third kappa shape index (κ3) is 4.21. The lowest BCUT2D eigenvalue weighted by Crippen LogP contribution is -2.10. The minimum atomic E-state index is 0.728.